The van der Waals surface area contributed by atoms with Crippen molar-refractivity contribution in [2.24, 2.45) is 0 Å². The van der Waals surface area contributed by atoms with Crippen molar-refractivity contribution < 1.29 is 0 Å². The van der Waals surface area contributed by atoms with Crippen LogP contribution in [0.4, 0.5) is 0 Å². The highest BCUT2D eigenvalue weighted by atomic mass is 79.9. The summed E-state index contributed by atoms with van der Waals surface area (Å²) in [6.45, 7) is 0. The van der Waals surface area contributed by atoms with Crippen LogP contribution in [0.15, 0.2) is 42.5 Å². The summed E-state index contributed by atoms with van der Waals surface area (Å²) in [6.07, 6.45) is 3.27. The van der Waals surface area contributed by atoms with E-state index in [1.807, 2.05) is 0 Å². The Kier molecular flexibility index (Phi) is 1.74. The zero-order valence-electron chi connectivity index (χ0n) is 7.63. The Hall–Kier alpha value is -1.08. The summed E-state index contributed by atoms with van der Waals surface area (Å²) >= 11 is 3.61. The monoisotopic (exact) mass is 244 g/mol. The predicted molar refractivity (Wildman–Crippen MR) is 64.6 cm³/mol. The van der Waals surface area contributed by atoms with E-state index in [0.717, 1.165) is 6.42 Å². The molecule has 2 aromatic rings. The van der Waals surface area contributed by atoms with E-state index in [-0.39, 0.29) is 0 Å². The molecule has 1 aliphatic carbocycles. The summed E-state index contributed by atoms with van der Waals surface area (Å²) in [5, 5.41) is 2.74. The molecule has 0 heterocycles. The largest absolute Gasteiger partial charge is 0.0652 e. The molecule has 1 aliphatic rings. The van der Waals surface area contributed by atoms with Gasteiger partial charge in [-0.15, -0.1) is 0 Å². The number of hydrogen-bond acceptors (Lipinski definition) is 0. The Balaban J connectivity index is 2.52. The molecule has 0 atom stereocenters. The van der Waals surface area contributed by atoms with E-state index >= 15 is 0 Å². The van der Waals surface area contributed by atoms with E-state index in [1.165, 1.54) is 26.4 Å². The summed E-state index contributed by atoms with van der Waals surface area (Å²) < 4.78 is 1.22. The molecule has 2 aromatic carbocycles. The molecule has 14 heavy (non-hydrogen) atoms. The quantitative estimate of drug-likeness (QED) is 0.654. The molecule has 0 nitrogen and oxygen atoms in total. The first-order valence-electron chi connectivity index (χ1n) is 4.73. The van der Waals surface area contributed by atoms with Crippen LogP contribution in [-0.2, 0) is 6.42 Å². The number of rotatable bonds is 0. The Morgan fingerprint density at radius 2 is 1.79 bits per heavy atom. The van der Waals surface area contributed by atoms with Gasteiger partial charge in [0.05, 0.1) is 0 Å². The Morgan fingerprint density at radius 1 is 1.00 bits per heavy atom. The van der Waals surface area contributed by atoms with E-state index in [9.17, 15) is 0 Å². The molecule has 0 aliphatic heterocycles. The molecule has 1 heteroatoms. The minimum absolute atomic E-state index is 1.04. The van der Waals surface area contributed by atoms with Crippen molar-refractivity contribution in [3.63, 3.8) is 0 Å². The molecule has 0 N–H and O–H groups in total. The SMILES string of the molecule is BrC1=CCc2cccc3cccc1c23. The fourth-order valence-corrected chi connectivity index (χ4v) is 2.59. The molecular formula is C13H9Br. The standard InChI is InChI=1S/C13H9Br/c14-12-8-7-10-4-1-3-9-5-2-6-11(12)13(9)10/h1-6,8H,7H2. The van der Waals surface area contributed by atoms with Crippen molar-refractivity contribution in [1.82, 2.24) is 0 Å². The molecule has 0 unspecified atom stereocenters. The Bertz CT molecular complexity index is 533. The van der Waals surface area contributed by atoms with Gasteiger partial charge in [-0.2, -0.15) is 0 Å². The predicted octanol–water partition coefficient (Wildman–Crippen LogP) is 4.13. The van der Waals surface area contributed by atoms with Gasteiger partial charge in [0.1, 0.15) is 0 Å². The van der Waals surface area contributed by atoms with Crippen LogP contribution in [0.1, 0.15) is 11.1 Å². The minimum atomic E-state index is 1.04. The zero-order valence-corrected chi connectivity index (χ0v) is 9.21. The van der Waals surface area contributed by atoms with Gasteiger partial charge in [-0.1, -0.05) is 58.4 Å². The van der Waals surface area contributed by atoms with Crippen LogP contribution in [0.2, 0.25) is 0 Å². The van der Waals surface area contributed by atoms with Gasteiger partial charge in [0.15, 0.2) is 0 Å². The Morgan fingerprint density at radius 3 is 2.64 bits per heavy atom. The molecule has 0 bridgehead atoms. The number of benzene rings is 2. The number of allylic oxidation sites excluding steroid dienone is 1. The van der Waals surface area contributed by atoms with Crippen LogP contribution in [0.3, 0.4) is 0 Å². The van der Waals surface area contributed by atoms with Gasteiger partial charge in [0.2, 0.25) is 0 Å². The lowest BCUT2D eigenvalue weighted by molar-refractivity contribution is 1.29. The van der Waals surface area contributed by atoms with Crippen LogP contribution < -0.4 is 0 Å². The molecule has 0 saturated carbocycles. The molecule has 0 amide bonds. The topological polar surface area (TPSA) is 0 Å². The van der Waals surface area contributed by atoms with Crippen LogP contribution >= 0.6 is 15.9 Å². The van der Waals surface area contributed by atoms with Crippen LogP contribution in [-0.4, -0.2) is 0 Å². The molecule has 0 aromatic heterocycles. The molecule has 3 rings (SSSR count). The van der Waals surface area contributed by atoms with Crippen LogP contribution in [0, 0.1) is 0 Å². The number of halogens is 1. The van der Waals surface area contributed by atoms with E-state index in [4.69, 9.17) is 0 Å². The van der Waals surface area contributed by atoms with Crippen molar-refractivity contribution in [3.8, 4) is 0 Å². The summed E-state index contributed by atoms with van der Waals surface area (Å²) in [6, 6.07) is 13.0. The fraction of sp³-hybridized carbons (Fsp3) is 0.0769. The maximum absolute atomic E-state index is 3.61. The second-order valence-electron chi connectivity index (χ2n) is 3.58. The normalized spacial score (nSPS) is 14.2. The first-order chi connectivity index (χ1) is 6.86. The highest BCUT2D eigenvalue weighted by Crippen LogP contribution is 2.35. The fourth-order valence-electron chi connectivity index (χ4n) is 2.10. The van der Waals surface area contributed by atoms with Crippen molar-refractivity contribution in [2.75, 3.05) is 0 Å². The van der Waals surface area contributed by atoms with Gasteiger partial charge in [0, 0.05) is 4.48 Å². The van der Waals surface area contributed by atoms with Crippen molar-refractivity contribution in [2.45, 2.75) is 6.42 Å². The zero-order chi connectivity index (χ0) is 9.54. The molecule has 0 fully saturated rings. The lowest BCUT2D eigenvalue weighted by Crippen LogP contribution is -1.94. The van der Waals surface area contributed by atoms with E-state index in [2.05, 4.69) is 58.4 Å². The van der Waals surface area contributed by atoms with Gasteiger partial charge >= 0.3 is 0 Å². The van der Waals surface area contributed by atoms with Gasteiger partial charge in [-0.3, -0.25) is 0 Å². The summed E-state index contributed by atoms with van der Waals surface area (Å²) in [5.74, 6) is 0. The third kappa shape index (κ3) is 1.05. The number of hydrogen-bond donors (Lipinski definition) is 0. The third-order valence-corrected chi connectivity index (χ3v) is 3.50. The highest BCUT2D eigenvalue weighted by Gasteiger charge is 2.11. The lowest BCUT2D eigenvalue weighted by atomic mass is 9.93. The molecule has 0 radical (unpaired) electrons. The van der Waals surface area contributed by atoms with Gasteiger partial charge < -0.3 is 0 Å². The third-order valence-electron chi connectivity index (χ3n) is 2.75. The Labute approximate surface area is 91.4 Å². The molecule has 0 saturated heterocycles. The second-order valence-corrected chi connectivity index (χ2v) is 4.43. The van der Waals surface area contributed by atoms with Crippen molar-refractivity contribution >= 4 is 31.2 Å². The maximum atomic E-state index is 3.61. The van der Waals surface area contributed by atoms with E-state index in [1.54, 1.807) is 0 Å². The second kappa shape index (κ2) is 2.96. The summed E-state index contributed by atoms with van der Waals surface area (Å²) in [4.78, 5) is 0. The minimum Gasteiger partial charge on any atom is -0.0652 e. The lowest BCUT2D eigenvalue weighted by Gasteiger charge is -2.14. The first kappa shape index (κ1) is 8.25. The average Bonchev–Trinajstić information content (AvgIpc) is 2.24. The first-order valence-corrected chi connectivity index (χ1v) is 5.52. The van der Waals surface area contributed by atoms with Gasteiger partial charge in [-0.25, -0.2) is 0 Å². The van der Waals surface area contributed by atoms with E-state index < -0.39 is 0 Å². The van der Waals surface area contributed by atoms with Crippen molar-refractivity contribution in [1.29, 1.82) is 0 Å². The summed E-state index contributed by atoms with van der Waals surface area (Å²) in [7, 11) is 0. The highest BCUT2D eigenvalue weighted by molar-refractivity contribution is 9.15. The maximum Gasteiger partial charge on any atom is 0.0217 e. The molecular weight excluding hydrogens is 236 g/mol. The van der Waals surface area contributed by atoms with Crippen LogP contribution in [0.5, 0.6) is 0 Å². The van der Waals surface area contributed by atoms with Gasteiger partial charge in [-0.05, 0) is 28.3 Å². The van der Waals surface area contributed by atoms with Gasteiger partial charge in [0.25, 0.3) is 0 Å². The summed E-state index contributed by atoms with van der Waals surface area (Å²) in [5.41, 5.74) is 2.76. The van der Waals surface area contributed by atoms with Crippen molar-refractivity contribution in [3.05, 3.63) is 53.6 Å². The average molecular weight is 245 g/mol. The molecule has 68 valence electrons. The smallest absolute Gasteiger partial charge is 0.0217 e. The van der Waals surface area contributed by atoms with Crippen LogP contribution in [0.25, 0.3) is 15.3 Å². The van der Waals surface area contributed by atoms with E-state index in [0.29, 0.717) is 0 Å². The molecule has 0 spiro atoms.